The van der Waals surface area contributed by atoms with Gasteiger partial charge in [-0.25, -0.2) is 4.79 Å². The van der Waals surface area contributed by atoms with E-state index in [0.717, 1.165) is 24.0 Å². The molecule has 0 spiro atoms. The van der Waals surface area contributed by atoms with Crippen molar-refractivity contribution in [3.63, 3.8) is 0 Å². The highest BCUT2D eigenvalue weighted by Gasteiger charge is 2.38. The molecule has 2 fully saturated rings. The van der Waals surface area contributed by atoms with Crippen LogP contribution in [0.15, 0.2) is 60.7 Å². The molecule has 0 saturated heterocycles. The maximum Gasteiger partial charge on any atom is 0.328 e. The maximum absolute atomic E-state index is 13.2. The first kappa shape index (κ1) is 27.8. The minimum absolute atomic E-state index is 0.118. The van der Waals surface area contributed by atoms with Crippen molar-refractivity contribution < 1.29 is 23.9 Å². The van der Waals surface area contributed by atoms with Crippen LogP contribution >= 0.6 is 0 Å². The molecule has 7 nitrogen and oxygen atoms in total. The molecule has 7 heteroatoms. The van der Waals surface area contributed by atoms with Crippen molar-refractivity contribution in [1.29, 1.82) is 0 Å². The smallest absolute Gasteiger partial charge is 0.328 e. The maximum atomic E-state index is 13.2. The van der Waals surface area contributed by atoms with Crippen LogP contribution in [0.1, 0.15) is 68.9 Å². The fourth-order valence-electron chi connectivity index (χ4n) is 6.06. The summed E-state index contributed by atoms with van der Waals surface area (Å²) in [6, 6.07) is 16.9. The summed E-state index contributed by atoms with van der Waals surface area (Å²) >= 11 is 0. The van der Waals surface area contributed by atoms with Crippen LogP contribution in [0.4, 0.5) is 0 Å². The van der Waals surface area contributed by atoms with Gasteiger partial charge in [0.2, 0.25) is 5.91 Å². The molecule has 2 saturated carbocycles. The average molecular weight is 521 g/mol. The van der Waals surface area contributed by atoms with Gasteiger partial charge in [-0.05, 0) is 41.7 Å². The molecule has 0 aromatic heterocycles. The summed E-state index contributed by atoms with van der Waals surface area (Å²) < 4.78 is 10.9. The predicted molar refractivity (Wildman–Crippen MR) is 144 cm³/mol. The first-order valence-corrected chi connectivity index (χ1v) is 14.0. The standard InChI is InChI=1S/C31H40N2O5/c32-27(19-29(34)37-20-22-10-3-1-4-11-22)30(35)33-28(31(36)38-21-23-12-5-2-6-13-23)18-25-16-9-15-24-14-7-8-17-26(24)25/h1-6,10-13,24-28H,7-9,14-21,32H2,(H,33,35)/t24?,25?,26?,27-,28-/m0/s1. The zero-order valence-corrected chi connectivity index (χ0v) is 22.1. The fraction of sp³-hybridized carbons (Fsp3) is 0.516. The molecule has 0 heterocycles. The topological polar surface area (TPSA) is 108 Å². The molecular formula is C31H40N2O5. The first-order valence-electron chi connectivity index (χ1n) is 14.0. The number of benzene rings is 2. The van der Waals surface area contributed by atoms with Gasteiger partial charge < -0.3 is 20.5 Å². The Morgan fingerprint density at radius 2 is 1.42 bits per heavy atom. The van der Waals surface area contributed by atoms with Crippen LogP contribution in [-0.2, 0) is 37.1 Å². The molecule has 204 valence electrons. The van der Waals surface area contributed by atoms with Gasteiger partial charge in [0, 0.05) is 0 Å². The second kappa shape index (κ2) is 14.1. The second-order valence-corrected chi connectivity index (χ2v) is 10.7. The van der Waals surface area contributed by atoms with Crippen molar-refractivity contribution in [2.24, 2.45) is 23.5 Å². The molecule has 3 N–H and O–H groups in total. The number of hydrogen-bond donors (Lipinski definition) is 2. The van der Waals surface area contributed by atoms with E-state index < -0.39 is 29.9 Å². The van der Waals surface area contributed by atoms with Gasteiger partial charge in [-0.15, -0.1) is 0 Å². The van der Waals surface area contributed by atoms with E-state index in [1.165, 1.54) is 32.1 Å². The number of carbonyl (C=O) groups is 3. The fourth-order valence-corrected chi connectivity index (χ4v) is 6.06. The minimum Gasteiger partial charge on any atom is -0.461 e. The highest BCUT2D eigenvalue weighted by molar-refractivity contribution is 5.90. The second-order valence-electron chi connectivity index (χ2n) is 10.7. The van der Waals surface area contributed by atoms with Gasteiger partial charge in [0.1, 0.15) is 19.3 Å². The van der Waals surface area contributed by atoms with Crippen molar-refractivity contribution >= 4 is 17.8 Å². The molecule has 2 aromatic rings. The number of nitrogens with two attached hydrogens (primary N) is 1. The molecule has 5 atom stereocenters. The van der Waals surface area contributed by atoms with Crippen molar-refractivity contribution in [1.82, 2.24) is 5.32 Å². The van der Waals surface area contributed by atoms with Crippen LogP contribution < -0.4 is 11.1 Å². The Kier molecular flexibility index (Phi) is 10.3. The van der Waals surface area contributed by atoms with E-state index in [-0.39, 0.29) is 19.6 Å². The lowest BCUT2D eigenvalue weighted by molar-refractivity contribution is -0.150. The largest absolute Gasteiger partial charge is 0.461 e. The van der Waals surface area contributed by atoms with Crippen LogP contribution in [-0.4, -0.2) is 29.9 Å². The highest BCUT2D eigenvalue weighted by Crippen LogP contribution is 2.45. The van der Waals surface area contributed by atoms with E-state index in [9.17, 15) is 14.4 Å². The van der Waals surface area contributed by atoms with E-state index in [4.69, 9.17) is 15.2 Å². The molecule has 3 unspecified atom stereocenters. The number of amides is 1. The molecule has 2 aromatic carbocycles. The predicted octanol–water partition coefficient (Wildman–Crippen LogP) is 4.67. The average Bonchev–Trinajstić information content (AvgIpc) is 2.95. The molecule has 0 radical (unpaired) electrons. The number of esters is 2. The molecule has 1 amide bonds. The van der Waals surface area contributed by atoms with Gasteiger partial charge in [-0.3, -0.25) is 9.59 Å². The summed E-state index contributed by atoms with van der Waals surface area (Å²) in [7, 11) is 0. The zero-order chi connectivity index (χ0) is 26.7. The third-order valence-electron chi connectivity index (χ3n) is 8.05. The van der Waals surface area contributed by atoms with Crippen LogP contribution in [0.5, 0.6) is 0 Å². The summed E-state index contributed by atoms with van der Waals surface area (Å²) in [6.45, 7) is 0.257. The third-order valence-corrected chi connectivity index (χ3v) is 8.05. The molecule has 4 rings (SSSR count). The number of rotatable bonds is 11. The first-order chi connectivity index (χ1) is 18.5. The van der Waals surface area contributed by atoms with E-state index in [1.54, 1.807) is 0 Å². The monoisotopic (exact) mass is 520 g/mol. The van der Waals surface area contributed by atoms with Crippen molar-refractivity contribution in [3.05, 3.63) is 71.8 Å². The van der Waals surface area contributed by atoms with Crippen molar-refractivity contribution in [2.45, 2.75) is 83.1 Å². The van der Waals surface area contributed by atoms with E-state index in [2.05, 4.69) is 5.32 Å². The molecular weight excluding hydrogens is 480 g/mol. The van der Waals surface area contributed by atoms with Crippen LogP contribution in [0.2, 0.25) is 0 Å². The Morgan fingerprint density at radius 3 is 2.11 bits per heavy atom. The molecule has 0 aliphatic heterocycles. The Labute approximate surface area is 225 Å². The summed E-state index contributed by atoms with van der Waals surface area (Å²) in [4.78, 5) is 38.5. The lowest BCUT2D eigenvalue weighted by atomic mass is 9.64. The van der Waals surface area contributed by atoms with Gasteiger partial charge in [0.15, 0.2) is 0 Å². The Bertz CT molecular complexity index is 1040. The summed E-state index contributed by atoms with van der Waals surface area (Å²) in [5.41, 5.74) is 7.81. The third kappa shape index (κ3) is 8.15. The van der Waals surface area contributed by atoms with E-state index in [1.807, 2.05) is 60.7 Å². The normalized spacial score (nSPS) is 22.4. The van der Waals surface area contributed by atoms with E-state index in [0.29, 0.717) is 24.2 Å². The highest BCUT2D eigenvalue weighted by atomic mass is 16.5. The summed E-state index contributed by atoms with van der Waals surface area (Å²) in [5.74, 6) is 0.0901. The van der Waals surface area contributed by atoms with Gasteiger partial charge in [0.05, 0.1) is 12.5 Å². The molecule has 38 heavy (non-hydrogen) atoms. The number of fused-ring (bicyclic) bond motifs is 1. The molecule has 0 bridgehead atoms. The van der Waals surface area contributed by atoms with Gasteiger partial charge >= 0.3 is 11.9 Å². The van der Waals surface area contributed by atoms with E-state index >= 15 is 0 Å². The van der Waals surface area contributed by atoms with Crippen molar-refractivity contribution in [3.8, 4) is 0 Å². The number of nitrogens with one attached hydrogen (secondary N) is 1. The van der Waals surface area contributed by atoms with Crippen LogP contribution in [0, 0.1) is 17.8 Å². The quantitative estimate of drug-likeness (QED) is 0.417. The molecule has 2 aliphatic carbocycles. The van der Waals surface area contributed by atoms with Gasteiger partial charge in [-0.2, -0.15) is 0 Å². The SMILES string of the molecule is N[C@@H](CC(=O)OCc1ccccc1)C(=O)N[C@@H](CC1CCCC2CCCCC21)C(=O)OCc1ccccc1. The van der Waals surface area contributed by atoms with Crippen LogP contribution in [0.25, 0.3) is 0 Å². The lowest BCUT2D eigenvalue weighted by Gasteiger charge is -2.42. The number of hydrogen-bond acceptors (Lipinski definition) is 6. The van der Waals surface area contributed by atoms with Crippen LogP contribution in [0.3, 0.4) is 0 Å². The lowest BCUT2D eigenvalue weighted by Crippen LogP contribution is -2.51. The Hall–Kier alpha value is -3.19. The number of ether oxygens (including phenoxy) is 2. The summed E-state index contributed by atoms with van der Waals surface area (Å²) in [6.07, 6.45) is 8.67. The number of carbonyl (C=O) groups excluding carboxylic acids is 3. The van der Waals surface area contributed by atoms with Gasteiger partial charge in [0.25, 0.3) is 0 Å². The molecule has 2 aliphatic rings. The minimum atomic E-state index is -1.11. The Balaban J connectivity index is 1.36. The van der Waals surface area contributed by atoms with Crippen molar-refractivity contribution in [2.75, 3.05) is 0 Å². The Morgan fingerprint density at radius 1 is 0.816 bits per heavy atom. The summed E-state index contributed by atoms with van der Waals surface area (Å²) in [5, 5.41) is 2.83. The zero-order valence-electron chi connectivity index (χ0n) is 22.1. The van der Waals surface area contributed by atoms with Gasteiger partial charge in [-0.1, -0.05) is 99.2 Å².